The van der Waals surface area contributed by atoms with Gasteiger partial charge in [0.2, 0.25) is 8.32 Å². The highest BCUT2D eigenvalue weighted by atomic mass is 28.4. The Morgan fingerprint density at radius 2 is 1.72 bits per heavy atom. The summed E-state index contributed by atoms with van der Waals surface area (Å²) >= 11 is 0. The first-order valence-electron chi connectivity index (χ1n) is 7.01. The summed E-state index contributed by atoms with van der Waals surface area (Å²) in [5, 5.41) is 1.37. The van der Waals surface area contributed by atoms with Gasteiger partial charge in [-0.3, -0.25) is 0 Å². The van der Waals surface area contributed by atoms with Crippen molar-refractivity contribution >= 4 is 28.2 Å². The zero-order valence-corrected chi connectivity index (χ0v) is 14.1. The number of nitrogens with two attached hydrogens (primary N) is 1. The van der Waals surface area contributed by atoms with E-state index in [0.717, 1.165) is 17.8 Å². The lowest BCUT2D eigenvalue weighted by molar-refractivity contribution is 0.558. The molecule has 2 nitrogen and oxygen atoms in total. The van der Waals surface area contributed by atoms with E-state index in [1.54, 1.807) is 0 Å². The topological polar surface area (TPSA) is 35.2 Å². The van der Waals surface area contributed by atoms with E-state index in [1.165, 1.54) is 17.3 Å². The average Bonchev–Trinajstić information content (AvgIpc) is 2.41. The van der Waals surface area contributed by atoms with Gasteiger partial charge in [0, 0.05) is 5.69 Å². The second-order valence-corrected chi connectivity index (χ2v) is 12.0. The molecule has 18 heavy (non-hydrogen) atoms. The summed E-state index contributed by atoms with van der Waals surface area (Å²) in [5.41, 5.74) is 6.79. The fraction of sp³-hybridized carbons (Fsp3) is 0.571. The van der Waals surface area contributed by atoms with Crippen LogP contribution in [0.2, 0.25) is 24.2 Å². The van der Waals surface area contributed by atoms with Crippen LogP contribution < -0.4 is 10.9 Å². The Morgan fingerprint density at radius 1 is 1.11 bits per heavy atom. The molecule has 0 saturated heterocycles. The van der Waals surface area contributed by atoms with Gasteiger partial charge in [-0.2, -0.15) is 0 Å². The smallest absolute Gasteiger partial charge is 0.211 e. The monoisotopic (exact) mass is 280 g/mol. The number of anilines is 1. The molecular formula is C14H26NOSi2. The van der Waals surface area contributed by atoms with Crippen molar-refractivity contribution in [3.8, 4) is 0 Å². The maximum Gasteiger partial charge on any atom is 0.211 e. The minimum atomic E-state index is -1.79. The Morgan fingerprint density at radius 3 is 2.17 bits per heavy atom. The first kappa shape index (κ1) is 15.5. The lowest BCUT2D eigenvalue weighted by Gasteiger charge is -2.33. The van der Waals surface area contributed by atoms with Crippen LogP contribution >= 0.6 is 0 Å². The van der Waals surface area contributed by atoms with Crippen molar-refractivity contribution in [2.75, 3.05) is 5.73 Å². The zero-order chi connectivity index (χ0) is 13.6. The molecule has 0 bridgehead atoms. The third-order valence-electron chi connectivity index (χ3n) is 3.68. The molecule has 0 aliphatic carbocycles. The predicted molar refractivity (Wildman–Crippen MR) is 85.0 cm³/mol. The van der Waals surface area contributed by atoms with Crippen LogP contribution in [-0.2, 0) is 4.12 Å². The van der Waals surface area contributed by atoms with Gasteiger partial charge in [-0.15, -0.1) is 0 Å². The van der Waals surface area contributed by atoms with E-state index in [0.29, 0.717) is 0 Å². The molecule has 0 aliphatic rings. The van der Waals surface area contributed by atoms with E-state index in [-0.39, 0.29) is 0 Å². The number of nitrogen functional groups attached to an aromatic ring is 1. The van der Waals surface area contributed by atoms with Gasteiger partial charge in [-0.25, -0.2) is 0 Å². The summed E-state index contributed by atoms with van der Waals surface area (Å²) in [5.74, 6) is 0. The minimum absolute atomic E-state index is 0.643. The van der Waals surface area contributed by atoms with Crippen molar-refractivity contribution in [3.05, 3.63) is 24.3 Å². The summed E-state index contributed by atoms with van der Waals surface area (Å²) in [7, 11) is -2.43. The van der Waals surface area contributed by atoms with Crippen molar-refractivity contribution < 1.29 is 4.12 Å². The van der Waals surface area contributed by atoms with E-state index in [2.05, 4.69) is 45.9 Å². The molecule has 0 spiro atoms. The first-order valence-corrected chi connectivity index (χ1v) is 11.2. The molecule has 0 aromatic heterocycles. The second kappa shape index (κ2) is 7.11. The molecule has 0 unspecified atom stereocenters. The van der Waals surface area contributed by atoms with Gasteiger partial charge in [-0.1, -0.05) is 39.8 Å². The van der Waals surface area contributed by atoms with Crippen LogP contribution in [-0.4, -0.2) is 17.4 Å². The predicted octanol–water partition coefficient (Wildman–Crippen LogP) is 3.51. The third kappa shape index (κ3) is 3.46. The summed E-state index contributed by atoms with van der Waals surface area (Å²) < 4.78 is 6.66. The summed E-state index contributed by atoms with van der Waals surface area (Å²) in [4.78, 5) is 0. The number of hydrogen-bond acceptors (Lipinski definition) is 2. The van der Waals surface area contributed by atoms with Crippen molar-refractivity contribution in [3.63, 3.8) is 0 Å². The fourth-order valence-electron chi connectivity index (χ4n) is 2.35. The Kier molecular flexibility index (Phi) is 6.11. The maximum atomic E-state index is 6.66. The van der Waals surface area contributed by atoms with Crippen LogP contribution in [0.25, 0.3) is 0 Å². The Hall–Kier alpha value is -0.586. The molecule has 4 heteroatoms. The van der Waals surface area contributed by atoms with E-state index in [9.17, 15) is 0 Å². The van der Waals surface area contributed by atoms with Gasteiger partial charge in [0.05, 0.1) is 0 Å². The molecule has 1 aromatic rings. The molecule has 2 N–H and O–H groups in total. The Balaban J connectivity index is 3.06. The van der Waals surface area contributed by atoms with Gasteiger partial charge in [-0.05, 0) is 41.5 Å². The number of benzene rings is 1. The van der Waals surface area contributed by atoms with Crippen molar-refractivity contribution in [1.82, 2.24) is 0 Å². The summed E-state index contributed by atoms with van der Waals surface area (Å²) in [6.45, 7) is 9.04. The zero-order valence-electron chi connectivity index (χ0n) is 12.1. The van der Waals surface area contributed by atoms with Crippen molar-refractivity contribution in [2.24, 2.45) is 0 Å². The molecule has 0 amide bonds. The average molecular weight is 281 g/mol. The molecule has 0 fully saturated rings. The lowest BCUT2D eigenvalue weighted by atomic mass is 10.3. The molecule has 1 radical (unpaired) electrons. The normalized spacial score (nSPS) is 12.1. The van der Waals surface area contributed by atoms with Crippen LogP contribution in [0.15, 0.2) is 24.3 Å². The molecule has 0 heterocycles. The second-order valence-electron chi connectivity index (χ2n) is 4.67. The summed E-state index contributed by atoms with van der Waals surface area (Å²) in [6, 6.07) is 13.0. The van der Waals surface area contributed by atoms with Crippen LogP contribution in [0.4, 0.5) is 5.69 Å². The van der Waals surface area contributed by atoms with Gasteiger partial charge in [0.1, 0.15) is 0 Å². The third-order valence-corrected chi connectivity index (χ3v) is 11.6. The van der Waals surface area contributed by atoms with Gasteiger partial charge in [0.25, 0.3) is 0 Å². The quantitative estimate of drug-likeness (QED) is 0.613. The van der Waals surface area contributed by atoms with E-state index < -0.39 is 17.4 Å². The van der Waals surface area contributed by atoms with Gasteiger partial charge in [0.15, 0.2) is 9.04 Å². The van der Waals surface area contributed by atoms with Crippen LogP contribution in [0, 0.1) is 0 Å². The van der Waals surface area contributed by atoms with E-state index >= 15 is 0 Å². The van der Waals surface area contributed by atoms with Crippen LogP contribution in [0.5, 0.6) is 0 Å². The number of rotatable bonds is 7. The molecule has 1 rings (SSSR count). The van der Waals surface area contributed by atoms with Crippen molar-refractivity contribution in [1.29, 1.82) is 0 Å². The van der Waals surface area contributed by atoms with Crippen LogP contribution in [0.3, 0.4) is 0 Å². The molecule has 0 saturated carbocycles. The molecule has 0 atom stereocenters. The molecule has 0 aliphatic heterocycles. The lowest BCUT2D eigenvalue weighted by Crippen LogP contribution is -2.52. The SMILES string of the molecule is CC[Si](CC)O[Si](CC)(CC)c1cccc(N)c1. The first-order chi connectivity index (χ1) is 8.61. The maximum absolute atomic E-state index is 6.66. The van der Waals surface area contributed by atoms with E-state index in [1.807, 2.05) is 6.07 Å². The van der Waals surface area contributed by atoms with Crippen molar-refractivity contribution in [2.45, 2.75) is 51.9 Å². The van der Waals surface area contributed by atoms with Crippen LogP contribution in [0.1, 0.15) is 27.7 Å². The van der Waals surface area contributed by atoms with Gasteiger partial charge >= 0.3 is 0 Å². The molecule has 1 aromatic carbocycles. The largest absolute Gasteiger partial charge is 0.452 e. The molecular weight excluding hydrogens is 254 g/mol. The summed E-state index contributed by atoms with van der Waals surface area (Å²) in [6.07, 6.45) is 0. The fourth-order valence-corrected chi connectivity index (χ4v) is 9.99. The highest BCUT2D eigenvalue weighted by molar-refractivity contribution is 6.90. The standard InChI is InChI=1S/C14H26NOSi2/c1-5-17(6-2)16-18(7-3,8-4)14-11-9-10-13(15)12-14/h9-12H,5-8,15H2,1-4H3. The Bertz CT molecular complexity index is 363. The Labute approximate surface area is 114 Å². The highest BCUT2D eigenvalue weighted by Crippen LogP contribution is 2.21. The highest BCUT2D eigenvalue weighted by Gasteiger charge is 2.35. The molecule has 101 valence electrons. The van der Waals surface area contributed by atoms with Gasteiger partial charge < -0.3 is 9.85 Å². The van der Waals surface area contributed by atoms with E-state index in [4.69, 9.17) is 9.85 Å². The minimum Gasteiger partial charge on any atom is -0.452 e. The number of hydrogen-bond donors (Lipinski definition) is 1.